The van der Waals surface area contributed by atoms with Crippen molar-refractivity contribution < 1.29 is 38.8 Å². The van der Waals surface area contributed by atoms with Gasteiger partial charge in [-0.05, 0) is 13.8 Å². The van der Waals surface area contributed by atoms with Crippen LogP contribution in [0.5, 0.6) is 0 Å². The summed E-state index contributed by atoms with van der Waals surface area (Å²) in [5.74, 6) is -5.03. The Morgan fingerprint density at radius 1 is 1.21 bits per heavy atom. The van der Waals surface area contributed by atoms with Crippen LogP contribution in [0.3, 0.4) is 0 Å². The van der Waals surface area contributed by atoms with Gasteiger partial charge in [0.05, 0.1) is 6.61 Å². The van der Waals surface area contributed by atoms with Gasteiger partial charge in [0, 0.05) is 6.92 Å². The summed E-state index contributed by atoms with van der Waals surface area (Å²) in [4.78, 5) is 33.0. The maximum absolute atomic E-state index is 11.3. The molecular formula is C11H18O8. The van der Waals surface area contributed by atoms with Crippen molar-refractivity contribution in [1.82, 2.24) is 0 Å². The van der Waals surface area contributed by atoms with Crippen molar-refractivity contribution in [2.75, 3.05) is 13.2 Å². The van der Waals surface area contributed by atoms with Crippen molar-refractivity contribution in [2.24, 2.45) is 0 Å². The summed E-state index contributed by atoms with van der Waals surface area (Å²) in [5.41, 5.74) is 0. The summed E-state index contributed by atoms with van der Waals surface area (Å²) < 4.78 is 13.6. The Morgan fingerprint density at radius 2 is 1.79 bits per heavy atom. The van der Waals surface area contributed by atoms with Crippen molar-refractivity contribution in [3.8, 4) is 0 Å². The van der Waals surface area contributed by atoms with Gasteiger partial charge in [0.1, 0.15) is 13.0 Å². The molecule has 0 aromatic heterocycles. The summed E-state index contributed by atoms with van der Waals surface area (Å²) in [6, 6.07) is 0. The molecule has 0 radical (unpaired) electrons. The molecule has 0 saturated carbocycles. The molecule has 1 unspecified atom stereocenters. The van der Waals surface area contributed by atoms with Gasteiger partial charge < -0.3 is 24.4 Å². The smallest absolute Gasteiger partial charge is 0.347 e. The van der Waals surface area contributed by atoms with Gasteiger partial charge in [-0.2, -0.15) is 0 Å². The molecule has 0 amide bonds. The molecule has 0 spiro atoms. The summed E-state index contributed by atoms with van der Waals surface area (Å²) in [6.45, 7) is 3.33. The first-order chi connectivity index (χ1) is 8.68. The van der Waals surface area contributed by atoms with Crippen molar-refractivity contribution in [3.63, 3.8) is 0 Å². The number of ether oxygens (including phenoxy) is 3. The number of esters is 3. The van der Waals surface area contributed by atoms with Gasteiger partial charge in [0.2, 0.25) is 5.79 Å². The van der Waals surface area contributed by atoms with Gasteiger partial charge in [-0.1, -0.05) is 0 Å². The highest BCUT2D eigenvalue weighted by molar-refractivity contribution is 5.79. The summed E-state index contributed by atoms with van der Waals surface area (Å²) >= 11 is 0. The molecule has 0 aliphatic carbocycles. The Kier molecular flexibility index (Phi) is 7.02. The van der Waals surface area contributed by atoms with E-state index in [0.717, 1.165) is 6.92 Å². The van der Waals surface area contributed by atoms with Crippen molar-refractivity contribution >= 4 is 17.9 Å². The zero-order valence-corrected chi connectivity index (χ0v) is 11.0. The standard InChI is InChI=1S/C11H18O8/c1-4-17-10(14)7(2)19-9(13)5-11(15,16)6-18-8(3)12/h7,15-16H,4-6H2,1-3H3. The van der Waals surface area contributed by atoms with E-state index in [1.165, 1.54) is 6.92 Å². The maximum atomic E-state index is 11.3. The fraction of sp³-hybridized carbons (Fsp3) is 0.727. The summed E-state index contributed by atoms with van der Waals surface area (Å²) in [5, 5.41) is 18.7. The first kappa shape index (κ1) is 17.3. The van der Waals surface area contributed by atoms with E-state index in [0.29, 0.717) is 0 Å². The van der Waals surface area contributed by atoms with Crippen LogP contribution in [0.15, 0.2) is 0 Å². The molecule has 0 heterocycles. The third-order valence-corrected chi connectivity index (χ3v) is 1.86. The average Bonchev–Trinajstić information content (AvgIpc) is 2.26. The van der Waals surface area contributed by atoms with Gasteiger partial charge in [0.25, 0.3) is 0 Å². The Balaban J connectivity index is 4.22. The van der Waals surface area contributed by atoms with Crippen molar-refractivity contribution in [2.45, 2.75) is 39.1 Å². The predicted octanol–water partition coefficient (Wildman–Crippen LogP) is -0.885. The Hall–Kier alpha value is -1.67. The van der Waals surface area contributed by atoms with Crippen LogP contribution >= 0.6 is 0 Å². The van der Waals surface area contributed by atoms with E-state index >= 15 is 0 Å². The van der Waals surface area contributed by atoms with E-state index in [-0.39, 0.29) is 6.61 Å². The van der Waals surface area contributed by atoms with Gasteiger partial charge in [-0.25, -0.2) is 4.79 Å². The molecule has 0 bridgehead atoms. The number of carbonyl (C=O) groups is 3. The Morgan fingerprint density at radius 3 is 2.26 bits per heavy atom. The largest absolute Gasteiger partial charge is 0.463 e. The lowest BCUT2D eigenvalue weighted by Crippen LogP contribution is -2.39. The fourth-order valence-electron chi connectivity index (χ4n) is 1.05. The predicted molar refractivity (Wildman–Crippen MR) is 60.6 cm³/mol. The SMILES string of the molecule is CCOC(=O)C(C)OC(=O)CC(O)(O)COC(C)=O. The highest BCUT2D eigenvalue weighted by atomic mass is 16.6. The first-order valence-corrected chi connectivity index (χ1v) is 5.62. The second-order valence-electron chi connectivity index (χ2n) is 3.82. The van der Waals surface area contributed by atoms with Crippen molar-refractivity contribution in [1.29, 1.82) is 0 Å². The quantitative estimate of drug-likeness (QED) is 0.350. The van der Waals surface area contributed by atoms with Crippen LogP contribution in [-0.2, 0) is 28.6 Å². The van der Waals surface area contributed by atoms with E-state index < -0.39 is 42.8 Å². The zero-order chi connectivity index (χ0) is 15.1. The van der Waals surface area contributed by atoms with Gasteiger partial charge >= 0.3 is 17.9 Å². The molecule has 8 nitrogen and oxygen atoms in total. The fourth-order valence-corrected chi connectivity index (χ4v) is 1.05. The van der Waals surface area contributed by atoms with Crippen LogP contribution in [0.4, 0.5) is 0 Å². The third kappa shape index (κ3) is 8.11. The zero-order valence-electron chi connectivity index (χ0n) is 11.0. The minimum Gasteiger partial charge on any atom is -0.463 e. The van der Waals surface area contributed by atoms with Crippen LogP contribution in [-0.4, -0.2) is 53.2 Å². The molecule has 0 aromatic carbocycles. The van der Waals surface area contributed by atoms with Gasteiger partial charge in [-0.3, -0.25) is 9.59 Å². The van der Waals surface area contributed by atoms with E-state index in [2.05, 4.69) is 14.2 Å². The van der Waals surface area contributed by atoms with E-state index in [9.17, 15) is 24.6 Å². The molecule has 0 aromatic rings. The second-order valence-corrected chi connectivity index (χ2v) is 3.82. The van der Waals surface area contributed by atoms with Crippen LogP contribution < -0.4 is 0 Å². The lowest BCUT2D eigenvalue weighted by molar-refractivity contribution is -0.212. The molecule has 0 rings (SSSR count). The molecule has 0 fully saturated rings. The maximum Gasteiger partial charge on any atom is 0.347 e. The van der Waals surface area contributed by atoms with E-state index in [1.54, 1.807) is 6.92 Å². The highest BCUT2D eigenvalue weighted by Crippen LogP contribution is 2.09. The van der Waals surface area contributed by atoms with E-state index in [1.807, 2.05) is 0 Å². The average molecular weight is 278 g/mol. The molecule has 110 valence electrons. The first-order valence-electron chi connectivity index (χ1n) is 5.62. The summed E-state index contributed by atoms with van der Waals surface area (Å²) in [6.07, 6.45) is -2.00. The number of carbonyl (C=O) groups excluding carboxylic acids is 3. The van der Waals surface area contributed by atoms with Crippen LogP contribution in [0, 0.1) is 0 Å². The number of hydrogen-bond donors (Lipinski definition) is 2. The highest BCUT2D eigenvalue weighted by Gasteiger charge is 2.31. The summed E-state index contributed by atoms with van der Waals surface area (Å²) in [7, 11) is 0. The lowest BCUT2D eigenvalue weighted by atomic mass is 10.2. The number of rotatable bonds is 7. The topological polar surface area (TPSA) is 119 Å². The van der Waals surface area contributed by atoms with Crippen molar-refractivity contribution in [3.05, 3.63) is 0 Å². The monoisotopic (exact) mass is 278 g/mol. The molecular weight excluding hydrogens is 260 g/mol. The molecule has 2 N–H and O–H groups in total. The Bertz CT molecular complexity index is 336. The molecule has 0 aliphatic rings. The number of hydrogen-bond acceptors (Lipinski definition) is 8. The minimum absolute atomic E-state index is 0.136. The molecule has 8 heteroatoms. The normalized spacial score (nSPS) is 12.5. The van der Waals surface area contributed by atoms with Crippen LogP contribution in [0.25, 0.3) is 0 Å². The molecule has 0 saturated heterocycles. The van der Waals surface area contributed by atoms with Gasteiger partial charge in [0.15, 0.2) is 6.10 Å². The molecule has 19 heavy (non-hydrogen) atoms. The molecule has 1 atom stereocenters. The number of aliphatic hydroxyl groups is 2. The lowest BCUT2D eigenvalue weighted by Gasteiger charge is -2.21. The second kappa shape index (κ2) is 7.70. The van der Waals surface area contributed by atoms with E-state index in [4.69, 9.17) is 0 Å². The minimum atomic E-state index is -2.54. The van der Waals surface area contributed by atoms with Crippen LogP contribution in [0.1, 0.15) is 27.2 Å². The molecule has 0 aliphatic heterocycles. The van der Waals surface area contributed by atoms with Crippen LogP contribution in [0.2, 0.25) is 0 Å². The third-order valence-electron chi connectivity index (χ3n) is 1.86. The Labute approximate surface area is 110 Å². The van der Waals surface area contributed by atoms with Gasteiger partial charge in [-0.15, -0.1) is 0 Å².